The number of carbonyl (C=O) groups is 1. The number of benzene rings is 3. The maximum atomic E-state index is 13.4. The fourth-order valence-corrected chi connectivity index (χ4v) is 4.62. The Bertz CT molecular complexity index is 1450. The molecule has 5 aromatic rings. The second-order valence-corrected chi connectivity index (χ2v) is 8.79. The Morgan fingerprint density at radius 1 is 0.909 bits per heavy atom. The number of fused-ring (bicyclic) bond motifs is 1. The van der Waals surface area contributed by atoms with E-state index in [9.17, 15) is 4.79 Å². The predicted molar refractivity (Wildman–Crippen MR) is 137 cm³/mol. The first-order valence-electron chi connectivity index (χ1n) is 10.9. The standard InChI is InChI=1S/C28H23N3OS/c1-3-19-12-14-20(15-13-19)26-17-33-28(30-26)31-27(32)23-16-25(21-9-5-4-8-18(21)2)29-24-11-7-6-10-22(23)24/h4-17H,3H2,1-2H3,(H,30,31,32). The van der Waals surface area contributed by atoms with E-state index < -0.39 is 0 Å². The van der Waals surface area contributed by atoms with Crippen molar-refractivity contribution in [1.29, 1.82) is 0 Å². The van der Waals surface area contributed by atoms with Gasteiger partial charge in [0.2, 0.25) is 0 Å². The SMILES string of the molecule is CCc1ccc(-c2csc(NC(=O)c3cc(-c4ccccc4C)nc4ccccc34)n2)cc1. The van der Waals surface area contributed by atoms with Crippen LogP contribution in [0.3, 0.4) is 0 Å². The number of carbonyl (C=O) groups excluding carboxylic acids is 1. The van der Waals surface area contributed by atoms with Gasteiger partial charge in [-0.2, -0.15) is 0 Å². The van der Waals surface area contributed by atoms with E-state index in [2.05, 4.69) is 54.5 Å². The average Bonchev–Trinajstić information content (AvgIpc) is 3.32. The summed E-state index contributed by atoms with van der Waals surface area (Å²) in [7, 11) is 0. The van der Waals surface area contributed by atoms with E-state index >= 15 is 0 Å². The van der Waals surface area contributed by atoms with Gasteiger partial charge in [-0.3, -0.25) is 10.1 Å². The fraction of sp³-hybridized carbons (Fsp3) is 0.107. The minimum absolute atomic E-state index is 0.189. The molecule has 0 saturated carbocycles. The van der Waals surface area contributed by atoms with Gasteiger partial charge in [0, 0.05) is 21.9 Å². The molecule has 0 atom stereocenters. The van der Waals surface area contributed by atoms with Crippen molar-refractivity contribution in [3.05, 3.63) is 101 Å². The van der Waals surface area contributed by atoms with E-state index in [0.717, 1.165) is 45.4 Å². The van der Waals surface area contributed by atoms with Crippen molar-refractivity contribution in [3.63, 3.8) is 0 Å². The van der Waals surface area contributed by atoms with Crippen LogP contribution >= 0.6 is 11.3 Å². The average molecular weight is 450 g/mol. The lowest BCUT2D eigenvalue weighted by molar-refractivity contribution is 0.102. The van der Waals surface area contributed by atoms with Gasteiger partial charge in [-0.25, -0.2) is 9.97 Å². The number of amides is 1. The van der Waals surface area contributed by atoms with E-state index in [1.165, 1.54) is 16.9 Å². The Labute approximate surface area is 197 Å². The van der Waals surface area contributed by atoms with Gasteiger partial charge in [-0.1, -0.05) is 73.7 Å². The smallest absolute Gasteiger partial charge is 0.258 e. The van der Waals surface area contributed by atoms with Crippen molar-refractivity contribution in [2.45, 2.75) is 20.3 Å². The summed E-state index contributed by atoms with van der Waals surface area (Å²) < 4.78 is 0. The molecule has 1 amide bonds. The number of hydrogen-bond donors (Lipinski definition) is 1. The number of rotatable bonds is 5. The molecule has 0 fully saturated rings. The Morgan fingerprint density at radius 3 is 2.45 bits per heavy atom. The minimum atomic E-state index is -0.189. The van der Waals surface area contributed by atoms with Gasteiger partial charge in [0.15, 0.2) is 5.13 Å². The van der Waals surface area contributed by atoms with E-state index in [4.69, 9.17) is 4.98 Å². The number of aryl methyl sites for hydroxylation is 2. The first-order chi connectivity index (χ1) is 16.1. The summed E-state index contributed by atoms with van der Waals surface area (Å²) in [6.07, 6.45) is 1.00. The summed E-state index contributed by atoms with van der Waals surface area (Å²) >= 11 is 1.43. The normalized spacial score (nSPS) is 11.0. The molecule has 5 rings (SSSR count). The van der Waals surface area contributed by atoms with Crippen LogP contribution in [-0.4, -0.2) is 15.9 Å². The van der Waals surface area contributed by atoms with Crippen molar-refractivity contribution >= 4 is 33.3 Å². The third-order valence-electron chi connectivity index (χ3n) is 5.76. The Balaban J connectivity index is 1.48. The molecule has 5 heteroatoms. The van der Waals surface area contributed by atoms with E-state index in [1.807, 2.05) is 53.9 Å². The van der Waals surface area contributed by atoms with Gasteiger partial charge in [0.1, 0.15) is 0 Å². The first kappa shape index (κ1) is 21.0. The molecule has 162 valence electrons. The number of pyridine rings is 1. The van der Waals surface area contributed by atoms with Crippen LogP contribution in [0.1, 0.15) is 28.4 Å². The fourth-order valence-electron chi connectivity index (χ4n) is 3.90. The van der Waals surface area contributed by atoms with Gasteiger partial charge in [-0.05, 0) is 36.6 Å². The van der Waals surface area contributed by atoms with Crippen LogP contribution in [-0.2, 0) is 6.42 Å². The van der Waals surface area contributed by atoms with Crippen molar-refractivity contribution in [2.75, 3.05) is 5.32 Å². The summed E-state index contributed by atoms with van der Waals surface area (Å²) in [5.41, 5.74) is 7.49. The summed E-state index contributed by atoms with van der Waals surface area (Å²) in [4.78, 5) is 22.8. The summed E-state index contributed by atoms with van der Waals surface area (Å²) in [6.45, 7) is 4.19. The lowest BCUT2D eigenvalue weighted by Gasteiger charge is -2.11. The minimum Gasteiger partial charge on any atom is -0.298 e. The molecule has 1 N–H and O–H groups in total. The van der Waals surface area contributed by atoms with Gasteiger partial charge in [0.25, 0.3) is 5.91 Å². The highest BCUT2D eigenvalue weighted by molar-refractivity contribution is 7.14. The third kappa shape index (κ3) is 4.28. The number of thiazole rings is 1. The summed E-state index contributed by atoms with van der Waals surface area (Å²) in [6, 6.07) is 26.1. The number of aromatic nitrogens is 2. The number of nitrogens with zero attached hydrogens (tertiary/aromatic N) is 2. The molecule has 2 heterocycles. The molecule has 0 bridgehead atoms. The highest BCUT2D eigenvalue weighted by atomic mass is 32.1. The van der Waals surface area contributed by atoms with Crippen LogP contribution in [0.25, 0.3) is 33.4 Å². The van der Waals surface area contributed by atoms with E-state index in [1.54, 1.807) is 0 Å². The summed E-state index contributed by atoms with van der Waals surface area (Å²) in [5, 5.41) is 6.36. The maximum absolute atomic E-state index is 13.4. The highest BCUT2D eigenvalue weighted by Crippen LogP contribution is 2.29. The number of nitrogens with one attached hydrogen (secondary N) is 1. The molecule has 0 aliphatic rings. The lowest BCUT2D eigenvalue weighted by Crippen LogP contribution is -2.13. The zero-order valence-electron chi connectivity index (χ0n) is 18.5. The molecule has 2 aromatic heterocycles. The van der Waals surface area contributed by atoms with Crippen molar-refractivity contribution in [2.24, 2.45) is 0 Å². The van der Waals surface area contributed by atoms with Crippen LogP contribution in [0.15, 0.2) is 84.2 Å². The molecule has 3 aromatic carbocycles. The zero-order chi connectivity index (χ0) is 22.8. The maximum Gasteiger partial charge on any atom is 0.258 e. The molecule has 0 aliphatic heterocycles. The first-order valence-corrected chi connectivity index (χ1v) is 11.8. The van der Waals surface area contributed by atoms with Crippen LogP contribution in [0.5, 0.6) is 0 Å². The van der Waals surface area contributed by atoms with Crippen LogP contribution < -0.4 is 5.32 Å². The second kappa shape index (κ2) is 8.96. The van der Waals surface area contributed by atoms with Crippen molar-refractivity contribution in [3.8, 4) is 22.5 Å². The number of para-hydroxylation sites is 1. The zero-order valence-corrected chi connectivity index (χ0v) is 19.3. The second-order valence-electron chi connectivity index (χ2n) is 7.93. The number of hydrogen-bond acceptors (Lipinski definition) is 4. The lowest BCUT2D eigenvalue weighted by atomic mass is 10.0. The molecule has 0 saturated heterocycles. The van der Waals surface area contributed by atoms with Crippen LogP contribution in [0, 0.1) is 6.92 Å². The van der Waals surface area contributed by atoms with Crippen LogP contribution in [0.2, 0.25) is 0 Å². The highest BCUT2D eigenvalue weighted by Gasteiger charge is 2.16. The monoisotopic (exact) mass is 449 g/mol. The Hall–Kier alpha value is -3.83. The van der Waals surface area contributed by atoms with E-state index in [-0.39, 0.29) is 5.91 Å². The van der Waals surface area contributed by atoms with Crippen LogP contribution in [0.4, 0.5) is 5.13 Å². The summed E-state index contributed by atoms with van der Waals surface area (Å²) in [5.74, 6) is -0.189. The molecule has 4 nitrogen and oxygen atoms in total. The Kier molecular flexibility index (Phi) is 5.71. The molecule has 33 heavy (non-hydrogen) atoms. The third-order valence-corrected chi connectivity index (χ3v) is 6.52. The van der Waals surface area contributed by atoms with Gasteiger partial charge in [0.05, 0.1) is 22.5 Å². The van der Waals surface area contributed by atoms with Crippen molar-refractivity contribution < 1.29 is 4.79 Å². The Morgan fingerprint density at radius 2 is 1.67 bits per heavy atom. The van der Waals surface area contributed by atoms with Gasteiger partial charge in [-0.15, -0.1) is 11.3 Å². The largest absolute Gasteiger partial charge is 0.298 e. The van der Waals surface area contributed by atoms with Crippen molar-refractivity contribution in [1.82, 2.24) is 9.97 Å². The molecular formula is C28H23N3OS. The topological polar surface area (TPSA) is 54.9 Å². The predicted octanol–water partition coefficient (Wildman–Crippen LogP) is 7.15. The van der Waals surface area contributed by atoms with E-state index in [0.29, 0.717) is 10.7 Å². The molecule has 0 radical (unpaired) electrons. The molecular weight excluding hydrogens is 426 g/mol. The quantitative estimate of drug-likeness (QED) is 0.310. The van der Waals surface area contributed by atoms with Gasteiger partial charge >= 0.3 is 0 Å². The molecule has 0 aliphatic carbocycles. The number of anilines is 1. The van der Waals surface area contributed by atoms with Gasteiger partial charge < -0.3 is 0 Å². The molecule has 0 unspecified atom stereocenters. The molecule has 0 spiro atoms.